The Morgan fingerprint density at radius 2 is 1.90 bits per heavy atom. The van der Waals surface area contributed by atoms with Gasteiger partial charge in [-0.05, 0) is 18.6 Å². The number of nitrogens with zero attached hydrogens (tertiary/aromatic N) is 1. The van der Waals surface area contributed by atoms with Crippen LogP contribution in [0.3, 0.4) is 0 Å². The molecule has 20 heavy (non-hydrogen) atoms. The van der Waals surface area contributed by atoms with Crippen LogP contribution in [0.2, 0.25) is 0 Å². The SMILES string of the molecule is Cc1cccc(/C(N)=N/OC(=O)Cc2ccccc2)c1. The van der Waals surface area contributed by atoms with E-state index >= 15 is 0 Å². The highest BCUT2D eigenvalue weighted by Crippen LogP contribution is 2.04. The summed E-state index contributed by atoms with van der Waals surface area (Å²) in [5, 5.41) is 3.68. The van der Waals surface area contributed by atoms with Crippen molar-refractivity contribution in [2.75, 3.05) is 0 Å². The molecule has 2 aromatic carbocycles. The summed E-state index contributed by atoms with van der Waals surface area (Å²) in [6.07, 6.45) is 0.172. The Morgan fingerprint density at radius 3 is 2.60 bits per heavy atom. The van der Waals surface area contributed by atoms with E-state index in [0.717, 1.165) is 16.7 Å². The summed E-state index contributed by atoms with van der Waals surface area (Å²) >= 11 is 0. The fourth-order valence-corrected chi connectivity index (χ4v) is 1.75. The lowest BCUT2D eigenvalue weighted by molar-refractivity contribution is -0.142. The van der Waals surface area contributed by atoms with Crippen molar-refractivity contribution in [1.29, 1.82) is 0 Å². The van der Waals surface area contributed by atoms with E-state index in [9.17, 15) is 4.79 Å². The highest BCUT2D eigenvalue weighted by molar-refractivity contribution is 5.97. The molecule has 0 bridgehead atoms. The second-order valence-corrected chi connectivity index (χ2v) is 4.47. The van der Waals surface area contributed by atoms with Gasteiger partial charge in [-0.15, -0.1) is 0 Å². The van der Waals surface area contributed by atoms with Gasteiger partial charge in [-0.2, -0.15) is 0 Å². The van der Waals surface area contributed by atoms with Crippen LogP contribution in [0.4, 0.5) is 0 Å². The molecular formula is C16H16N2O2. The minimum atomic E-state index is -0.438. The smallest absolute Gasteiger partial charge is 0.339 e. The zero-order valence-electron chi connectivity index (χ0n) is 11.2. The molecule has 0 aromatic heterocycles. The second-order valence-electron chi connectivity index (χ2n) is 4.47. The van der Waals surface area contributed by atoms with Crippen molar-refractivity contribution in [3.05, 3.63) is 71.3 Å². The number of hydrogen-bond acceptors (Lipinski definition) is 3. The summed E-state index contributed by atoms with van der Waals surface area (Å²) in [6, 6.07) is 16.9. The monoisotopic (exact) mass is 268 g/mol. The summed E-state index contributed by atoms with van der Waals surface area (Å²) in [6.45, 7) is 1.96. The second kappa shape index (κ2) is 6.52. The van der Waals surface area contributed by atoms with Gasteiger partial charge in [-0.3, -0.25) is 0 Å². The molecule has 0 fully saturated rings. The Bertz CT molecular complexity index is 621. The average molecular weight is 268 g/mol. The first-order valence-electron chi connectivity index (χ1n) is 6.29. The molecule has 102 valence electrons. The minimum absolute atomic E-state index is 0.172. The molecule has 0 aliphatic rings. The number of rotatable bonds is 4. The van der Waals surface area contributed by atoms with E-state index in [2.05, 4.69) is 5.16 Å². The highest BCUT2D eigenvalue weighted by atomic mass is 16.7. The Balaban J connectivity index is 1.97. The van der Waals surface area contributed by atoms with Crippen LogP contribution < -0.4 is 5.73 Å². The van der Waals surface area contributed by atoms with Crippen LogP contribution in [-0.2, 0) is 16.1 Å². The molecule has 2 rings (SSSR count). The van der Waals surface area contributed by atoms with Gasteiger partial charge >= 0.3 is 5.97 Å². The van der Waals surface area contributed by atoms with E-state index in [0.29, 0.717) is 0 Å². The number of oxime groups is 1. The summed E-state index contributed by atoms with van der Waals surface area (Å²) in [7, 11) is 0. The lowest BCUT2D eigenvalue weighted by atomic mass is 10.1. The van der Waals surface area contributed by atoms with Crippen molar-refractivity contribution >= 4 is 11.8 Å². The molecule has 0 heterocycles. The van der Waals surface area contributed by atoms with Crippen LogP contribution in [0.25, 0.3) is 0 Å². The zero-order chi connectivity index (χ0) is 14.4. The van der Waals surface area contributed by atoms with Gasteiger partial charge in [0.25, 0.3) is 0 Å². The third-order valence-electron chi connectivity index (χ3n) is 2.75. The van der Waals surface area contributed by atoms with E-state index in [1.807, 2.05) is 61.5 Å². The summed E-state index contributed by atoms with van der Waals surface area (Å²) < 4.78 is 0. The quantitative estimate of drug-likeness (QED) is 0.401. The van der Waals surface area contributed by atoms with Crippen LogP contribution >= 0.6 is 0 Å². The summed E-state index contributed by atoms with van der Waals surface area (Å²) in [4.78, 5) is 16.5. The molecule has 4 nitrogen and oxygen atoms in total. The lowest BCUT2D eigenvalue weighted by Crippen LogP contribution is -2.15. The Labute approximate surface area is 117 Å². The van der Waals surface area contributed by atoms with Crippen molar-refractivity contribution < 1.29 is 9.63 Å². The molecule has 0 aliphatic carbocycles. The van der Waals surface area contributed by atoms with Crippen molar-refractivity contribution in [1.82, 2.24) is 0 Å². The Kier molecular flexibility index (Phi) is 4.50. The fraction of sp³-hybridized carbons (Fsp3) is 0.125. The van der Waals surface area contributed by atoms with Gasteiger partial charge in [0.15, 0.2) is 5.84 Å². The van der Waals surface area contributed by atoms with Crippen LogP contribution in [0.1, 0.15) is 16.7 Å². The topological polar surface area (TPSA) is 64.7 Å². The van der Waals surface area contributed by atoms with Crippen LogP contribution in [0.15, 0.2) is 59.8 Å². The molecule has 0 spiro atoms. The van der Waals surface area contributed by atoms with E-state index in [4.69, 9.17) is 10.6 Å². The van der Waals surface area contributed by atoms with Gasteiger partial charge in [-0.25, -0.2) is 4.79 Å². The molecule has 4 heteroatoms. The number of carbonyl (C=O) groups excluding carboxylic acids is 1. The Hall–Kier alpha value is -2.62. The maximum Gasteiger partial charge on any atom is 0.339 e. The van der Waals surface area contributed by atoms with Gasteiger partial charge in [0.2, 0.25) is 0 Å². The molecule has 0 aliphatic heterocycles. The van der Waals surface area contributed by atoms with Crippen molar-refractivity contribution in [3.8, 4) is 0 Å². The zero-order valence-corrected chi connectivity index (χ0v) is 11.2. The number of benzene rings is 2. The average Bonchev–Trinajstić information content (AvgIpc) is 2.46. The third-order valence-corrected chi connectivity index (χ3v) is 2.75. The van der Waals surface area contributed by atoms with Gasteiger partial charge < -0.3 is 10.6 Å². The largest absolute Gasteiger partial charge is 0.380 e. The first-order chi connectivity index (χ1) is 9.65. The number of carbonyl (C=O) groups is 1. The van der Waals surface area contributed by atoms with Crippen LogP contribution in [0.5, 0.6) is 0 Å². The van der Waals surface area contributed by atoms with Gasteiger partial charge in [-0.1, -0.05) is 59.3 Å². The molecule has 2 aromatic rings. The molecule has 0 saturated heterocycles. The van der Waals surface area contributed by atoms with E-state index in [1.54, 1.807) is 0 Å². The van der Waals surface area contributed by atoms with Crippen molar-refractivity contribution in [2.45, 2.75) is 13.3 Å². The number of nitrogens with two attached hydrogens (primary N) is 1. The first kappa shape index (κ1) is 13.8. The van der Waals surface area contributed by atoms with Crippen LogP contribution in [0, 0.1) is 6.92 Å². The molecule has 2 N–H and O–H groups in total. The predicted octanol–water partition coefficient (Wildman–Crippen LogP) is 2.40. The van der Waals surface area contributed by atoms with Gasteiger partial charge in [0.1, 0.15) is 0 Å². The normalized spacial score (nSPS) is 11.2. The predicted molar refractivity (Wildman–Crippen MR) is 78.1 cm³/mol. The van der Waals surface area contributed by atoms with Gasteiger partial charge in [0.05, 0.1) is 6.42 Å². The molecule has 0 saturated carbocycles. The minimum Gasteiger partial charge on any atom is -0.380 e. The summed E-state index contributed by atoms with van der Waals surface area (Å²) in [5.41, 5.74) is 8.45. The van der Waals surface area contributed by atoms with Gasteiger partial charge in [0, 0.05) is 5.56 Å². The molecule has 0 unspecified atom stereocenters. The lowest BCUT2D eigenvalue weighted by Gasteiger charge is -2.02. The maximum absolute atomic E-state index is 11.6. The fourth-order valence-electron chi connectivity index (χ4n) is 1.75. The van der Waals surface area contributed by atoms with E-state index in [-0.39, 0.29) is 12.3 Å². The molecule has 0 atom stereocenters. The Morgan fingerprint density at radius 1 is 1.15 bits per heavy atom. The summed E-state index contributed by atoms with van der Waals surface area (Å²) in [5.74, 6) is -0.248. The first-order valence-corrected chi connectivity index (χ1v) is 6.29. The number of hydrogen-bond donors (Lipinski definition) is 1. The molecule has 0 amide bonds. The molecular weight excluding hydrogens is 252 g/mol. The highest BCUT2D eigenvalue weighted by Gasteiger charge is 2.05. The molecule has 0 radical (unpaired) electrons. The van der Waals surface area contributed by atoms with E-state index < -0.39 is 5.97 Å². The van der Waals surface area contributed by atoms with Crippen molar-refractivity contribution in [2.24, 2.45) is 10.9 Å². The maximum atomic E-state index is 11.6. The third kappa shape index (κ3) is 3.95. The van der Waals surface area contributed by atoms with Crippen molar-refractivity contribution in [3.63, 3.8) is 0 Å². The van der Waals surface area contributed by atoms with E-state index in [1.165, 1.54) is 0 Å². The van der Waals surface area contributed by atoms with Crippen LogP contribution in [-0.4, -0.2) is 11.8 Å². The number of amidine groups is 1. The number of aryl methyl sites for hydroxylation is 1. The standard InChI is InChI=1S/C16H16N2O2/c1-12-6-5-9-14(10-12)16(17)18-20-15(19)11-13-7-3-2-4-8-13/h2-10H,11H2,1H3,(H2,17,18).